The third-order valence-corrected chi connectivity index (χ3v) is 5.83. The molecule has 2 heterocycles. The van der Waals surface area contributed by atoms with E-state index in [2.05, 4.69) is 10.2 Å². The van der Waals surface area contributed by atoms with Gasteiger partial charge in [0.2, 0.25) is 0 Å². The average Bonchev–Trinajstić information content (AvgIpc) is 3.18. The van der Waals surface area contributed by atoms with Gasteiger partial charge in [0.05, 0.1) is 22.8 Å². The smallest absolute Gasteiger partial charge is 0.256 e. The van der Waals surface area contributed by atoms with Gasteiger partial charge < -0.3 is 4.90 Å². The van der Waals surface area contributed by atoms with E-state index < -0.39 is 9.84 Å². The fraction of sp³-hybridized carbons (Fsp3) is 0.400. The number of carbonyl (C=O) groups is 1. The lowest BCUT2D eigenvalue weighted by molar-refractivity contribution is 0.0708. The summed E-state index contributed by atoms with van der Waals surface area (Å²) in [4.78, 5) is 14.6. The molecule has 23 heavy (non-hydrogen) atoms. The first-order valence-corrected chi connectivity index (χ1v) is 9.29. The zero-order valence-corrected chi connectivity index (χ0v) is 13.6. The second-order valence-corrected chi connectivity index (χ2v) is 7.76. The summed E-state index contributed by atoms with van der Waals surface area (Å²) in [5.74, 6) is 0.0227. The number of amides is 1. The molecule has 1 fully saturated rings. The van der Waals surface area contributed by atoms with Crippen molar-refractivity contribution >= 4 is 15.7 Å². The van der Waals surface area contributed by atoms with E-state index >= 15 is 0 Å². The molecular weight excluding hydrogens is 316 g/mol. The van der Waals surface area contributed by atoms with E-state index in [9.17, 15) is 13.2 Å². The van der Waals surface area contributed by atoms with E-state index in [0.29, 0.717) is 24.2 Å². The molecule has 0 saturated carbocycles. The molecule has 7 nitrogen and oxygen atoms in total. The van der Waals surface area contributed by atoms with Gasteiger partial charge in [-0.1, -0.05) is 12.1 Å². The third kappa shape index (κ3) is 3.12. The highest BCUT2D eigenvalue weighted by Crippen LogP contribution is 2.22. The lowest BCUT2D eigenvalue weighted by Gasteiger charge is -2.27. The molecule has 3 rings (SSSR count). The maximum Gasteiger partial charge on any atom is 0.256 e. The summed E-state index contributed by atoms with van der Waals surface area (Å²) in [6.45, 7) is 2.33. The van der Waals surface area contributed by atoms with Gasteiger partial charge in [0.1, 0.15) is 12.7 Å². The van der Waals surface area contributed by atoms with Crippen LogP contribution < -0.4 is 0 Å². The van der Waals surface area contributed by atoms with Crippen LogP contribution in [0.25, 0.3) is 5.69 Å². The Morgan fingerprint density at radius 2 is 2.00 bits per heavy atom. The molecule has 0 unspecified atom stereocenters. The number of hydrogen-bond acceptors (Lipinski definition) is 5. The summed E-state index contributed by atoms with van der Waals surface area (Å²) in [6.07, 6.45) is 3.56. The van der Waals surface area contributed by atoms with Crippen LogP contribution in [0.15, 0.2) is 36.9 Å². The number of hydrogen-bond donors (Lipinski definition) is 0. The molecule has 0 aliphatic carbocycles. The summed E-state index contributed by atoms with van der Waals surface area (Å²) < 4.78 is 25.1. The van der Waals surface area contributed by atoms with Crippen molar-refractivity contribution in [1.29, 1.82) is 0 Å². The van der Waals surface area contributed by atoms with Gasteiger partial charge in [-0.05, 0) is 25.5 Å². The van der Waals surface area contributed by atoms with Crippen LogP contribution in [0, 0.1) is 0 Å². The molecule has 0 N–H and O–H groups in total. The van der Waals surface area contributed by atoms with Gasteiger partial charge in [-0.25, -0.2) is 8.42 Å². The molecule has 8 heteroatoms. The van der Waals surface area contributed by atoms with Crippen molar-refractivity contribution in [2.24, 2.45) is 0 Å². The van der Waals surface area contributed by atoms with Gasteiger partial charge in [0, 0.05) is 12.6 Å². The monoisotopic (exact) mass is 334 g/mol. The molecule has 122 valence electrons. The van der Waals surface area contributed by atoms with Gasteiger partial charge >= 0.3 is 0 Å². The maximum atomic E-state index is 13.0. The Hall–Kier alpha value is -2.22. The highest BCUT2D eigenvalue weighted by Gasteiger charge is 2.34. The number of nitrogens with zero attached hydrogens (tertiary/aromatic N) is 4. The van der Waals surface area contributed by atoms with Crippen molar-refractivity contribution in [3.8, 4) is 5.69 Å². The average molecular weight is 334 g/mol. The normalized spacial score (nSPS) is 19.6. The van der Waals surface area contributed by atoms with Crippen LogP contribution in [0.3, 0.4) is 0 Å². The number of carbonyl (C=O) groups excluding carboxylic acids is 1. The minimum Gasteiger partial charge on any atom is -0.335 e. The van der Waals surface area contributed by atoms with Crippen LogP contribution in [0.1, 0.15) is 23.7 Å². The molecule has 1 aliphatic heterocycles. The van der Waals surface area contributed by atoms with Gasteiger partial charge in [-0.3, -0.25) is 9.36 Å². The van der Waals surface area contributed by atoms with E-state index in [1.165, 1.54) is 12.7 Å². The Labute approximate surface area is 134 Å². The Bertz CT molecular complexity index is 802. The Balaban J connectivity index is 1.94. The first kappa shape index (κ1) is 15.7. The molecule has 2 aromatic rings. The summed E-state index contributed by atoms with van der Waals surface area (Å²) >= 11 is 0. The first-order valence-electron chi connectivity index (χ1n) is 7.47. The Morgan fingerprint density at radius 3 is 2.61 bits per heavy atom. The fourth-order valence-corrected chi connectivity index (χ4v) is 4.68. The molecule has 1 aromatic carbocycles. The third-order valence-electron chi connectivity index (χ3n) is 4.08. The van der Waals surface area contributed by atoms with Crippen LogP contribution in [0.5, 0.6) is 0 Å². The van der Waals surface area contributed by atoms with Crippen molar-refractivity contribution in [3.05, 3.63) is 42.5 Å². The highest BCUT2D eigenvalue weighted by atomic mass is 32.2. The van der Waals surface area contributed by atoms with E-state index in [0.717, 1.165) is 0 Å². The first-order chi connectivity index (χ1) is 11.0. The van der Waals surface area contributed by atoms with Crippen molar-refractivity contribution in [3.63, 3.8) is 0 Å². The standard InChI is InChI=1S/C15H18N4O3S/c1-2-19(12-7-8-23(21,22)9-12)15(20)13-5-3-4-6-14(13)18-10-16-17-11-18/h3-6,10-12H,2,7-9H2,1H3/t12-/m0/s1. The second-order valence-electron chi connectivity index (χ2n) is 5.53. The van der Waals surface area contributed by atoms with Crippen LogP contribution >= 0.6 is 0 Å². The van der Waals surface area contributed by atoms with E-state index in [1.807, 2.05) is 19.1 Å². The van der Waals surface area contributed by atoms with Crippen molar-refractivity contribution in [2.45, 2.75) is 19.4 Å². The van der Waals surface area contributed by atoms with Gasteiger partial charge in [0.25, 0.3) is 5.91 Å². The molecule has 0 radical (unpaired) electrons. The molecule has 0 bridgehead atoms. The summed E-state index contributed by atoms with van der Waals surface area (Å²) in [5.41, 5.74) is 1.19. The summed E-state index contributed by atoms with van der Waals surface area (Å²) in [6, 6.07) is 6.92. The minimum absolute atomic E-state index is 0.0430. The highest BCUT2D eigenvalue weighted by molar-refractivity contribution is 7.91. The topological polar surface area (TPSA) is 85.2 Å². The molecular formula is C15H18N4O3S. The summed E-state index contributed by atoms with van der Waals surface area (Å²) in [5, 5.41) is 7.54. The van der Waals surface area contributed by atoms with Crippen molar-refractivity contribution in [2.75, 3.05) is 18.1 Å². The molecule has 1 saturated heterocycles. The van der Waals surface area contributed by atoms with Gasteiger partial charge in [0.15, 0.2) is 9.84 Å². The number of sulfone groups is 1. The Morgan fingerprint density at radius 1 is 1.30 bits per heavy atom. The van der Waals surface area contributed by atoms with Crippen LogP contribution in [-0.2, 0) is 9.84 Å². The molecule has 1 atom stereocenters. The lowest BCUT2D eigenvalue weighted by Crippen LogP contribution is -2.41. The lowest BCUT2D eigenvalue weighted by atomic mass is 10.1. The largest absolute Gasteiger partial charge is 0.335 e. The zero-order valence-electron chi connectivity index (χ0n) is 12.8. The number of rotatable bonds is 4. The predicted octanol–water partition coefficient (Wildman–Crippen LogP) is 0.916. The molecule has 1 aromatic heterocycles. The predicted molar refractivity (Wildman–Crippen MR) is 85.1 cm³/mol. The number of benzene rings is 1. The van der Waals surface area contributed by atoms with Crippen molar-refractivity contribution < 1.29 is 13.2 Å². The van der Waals surface area contributed by atoms with Crippen LogP contribution in [0.2, 0.25) is 0 Å². The molecule has 0 spiro atoms. The zero-order chi connectivity index (χ0) is 16.4. The van der Waals surface area contributed by atoms with E-state index in [-0.39, 0.29) is 23.5 Å². The second kappa shape index (κ2) is 6.11. The van der Waals surface area contributed by atoms with E-state index in [4.69, 9.17) is 0 Å². The van der Waals surface area contributed by atoms with Crippen LogP contribution in [0.4, 0.5) is 0 Å². The fourth-order valence-electron chi connectivity index (χ4n) is 2.95. The maximum absolute atomic E-state index is 13.0. The quantitative estimate of drug-likeness (QED) is 0.830. The van der Waals surface area contributed by atoms with Gasteiger partial charge in [-0.15, -0.1) is 10.2 Å². The van der Waals surface area contributed by atoms with E-state index in [1.54, 1.807) is 21.6 Å². The number of aromatic nitrogens is 3. The Kier molecular flexibility index (Phi) is 4.16. The summed E-state index contributed by atoms with van der Waals surface area (Å²) in [7, 11) is -3.04. The number of para-hydroxylation sites is 1. The SMILES string of the molecule is CCN(C(=O)c1ccccc1-n1cnnc1)[C@H]1CCS(=O)(=O)C1. The van der Waals surface area contributed by atoms with Crippen LogP contribution in [-0.4, -0.2) is 58.1 Å². The molecule has 1 aliphatic rings. The van der Waals surface area contributed by atoms with Crippen molar-refractivity contribution in [1.82, 2.24) is 19.7 Å². The molecule has 1 amide bonds. The minimum atomic E-state index is -3.04. The van der Waals surface area contributed by atoms with Gasteiger partial charge in [-0.2, -0.15) is 0 Å².